The van der Waals surface area contributed by atoms with Crippen LogP contribution in [-0.2, 0) is 26.0 Å². The zero-order chi connectivity index (χ0) is 21.7. The molecule has 3 rings (SSSR count). The third-order valence-electron chi connectivity index (χ3n) is 4.90. The third kappa shape index (κ3) is 5.55. The van der Waals surface area contributed by atoms with E-state index in [2.05, 4.69) is 5.32 Å². The normalized spacial score (nSPS) is 14.5. The quantitative estimate of drug-likeness (QED) is 0.665. The van der Waals surface area contributed by atoms with E-state index in [4.69, 9.17) is 5.14 Å². The average molecular weight is 434 g/mol. The van der Waals surface area contributed by atoms with Crippen molar-refractivity contribution in [2.45, 2.75) is 11.3 Å². The topological polar surface area (TPSA) is 113 Å². The van der Waals surface area contributed by atoms with E-state index in [0.717, 1.165) is 11.3 Å². The maximum absolute atomic E-state index is 13.0. The second kappa shape index (κ2) is 9.23. The highest BCUT2D eigenvalue weighted by Gasteiger charge is 2.25. The molecular formula is C20H23FN4O4S. The van der Waals surface area contributed by atoms with Crippen LogP contribution in [0, 0.1) is 5.82 Å². The first-order valence-electron chi connectivity index (χ1n) is 9.43. The van der Waals surface area contributed by atoms with Gasteiger partial charge in [0.2, 0.25) is 10.0 Å². The number of carbonyl (C=O) groups excluding carboxylic acids is 2. The smallest absolute Gasteiger partial charge is 0.312 e. The summed E-state index contributed by atoms with van der Waals surface area (Å²) in [5.74, 6) is -1.56. The summed E-state index contributed by atoms with van der Waals surface area (Å²) in [5, 5.41) is 7.65. The van der Waals surface area contributed by atoms with E-state index in [1.165, 1.54) is 29.2 Å². The summed E-state index contributed by atoms with van der Waals surface area (Å²) in [6.07, 6.45) is 0.447. The number of hydrogen-bond acceptors (Lipinski definition) is 5. The van der Waals surface area contributed by atoms with Gasteiger partial charge in [-0.15, -0.1) is 0 Å². The number of piperazine rings is 1. The Morgan fingerprint density at radius 2 is 1.57 bits per heavy atom. The highest BCUT2D eigenvalue weighted by molar-refractivity contribution is 7.89. The third-order valence-corrected chi connectivity index (χ3v) is 5.83. The Bertz CT molecular complexity index is 1000. The van der Waals surface area contributed by atoms with Crippen LogP contribution in [0.3, 0.4) is 0 Å². The number of nitrogens with one attached hydrogen (secondary N) is 1. The number of benzene rings is 2. The highest BCUT2D eigenvalue weighted by atomic mass is 32.2. The van der Waals surface area contributed by atoms with E-state index in [0.29, 0.717) is 32.6 Å². The van der Waals surface area contributed by atoms with Gasteiger partial charge in [-0.3, -0.25) is 9.59 Å². The minimum absolute atomic E-state index is 0.0187. The van der Waals surface area contributed by atoms with Gasteiger partial charge >= 0.3 is 11.8 Å². The van der Waals surface area contributed by atoms with Crippen LogP contribution in [0.5, 0.6) is 0 Å². The van der Waals surface area contributed by atoms with Crippen LogP contribution in [0.4, 0.5) is 10.1 Å². The van der Waals surface area contributed by atoms with Gasteiger partial charge < -0.3 is 15.1 Å². The van der Waals surface area contributed by atoms with Crippen LogP contribution in [-0.4, -0.2) is 57.9 Å². The van der Waals surface area contributed by atoms with Crippen molar-refractivity contribution < 1.29 is 22.4 Å². The number of primary sulfonamides is 1. The van der Waals surface area contributed by atoms with Crippen LogP contribution >= 0.6 is 0 Å². The lowest BCUT2D eigenvalue weighted by atomic mass is 10.1. The molecule has 1 fully saturated rings. The van der Waals surface area contributed by atoms with Crippen LogP contribution in [0.15, 0.2) is 53.4 Å². The van der Waals surface area contributed by atoms with E-state index >= 15 is 0 Å². The van der Waals surface area contributed by atoms with Crippen molar-refractivity contribution in [2.75, 3.05) is 37.6 Å². The lowest BCUT2D eigenvalue weighted by Crippen LogP contribution is -2.52. The molecule has 0 saturated carbocycles. The molecule has 0 unspecified atom stereocenters. The SMILES string of the molecule is NS(=O)(=O)c1ccc(CCNC(=O)C(=O)N2CCN(c3ccc(F)cc3)CC2)cc1. The van der Waals surface area contributed by atoms with E-state index in [1.807, 2.05) is 4.90 Å². The molecule has 0 bridgehead atoms. The van der Waals surface area contributed by atoms with Gasteiger partial charge in [0.1, 0.15) is 5.82 Å². The Hall–Kier alpha value is -2.98. The van der Waals surface area contributed by atoms with E-state index in [9.17, 15) is 22.4 Å². The molecule has 1 aliphatic rings. The molecule has 1 aliphatic heterocycles. The number of nitrogens with two attached hydrogens (primary N) is 1. The monoisotopic (exact) mass is 434 g/mol. The van der Waals surface area contributed by atoms with Crippen molar-refractivity contribution in [1.82, 2.24) is 10.2 Å². The molecule has 1 heterocycles. The van der Waals surface area contributed by atoms with Crippen LogP contribution in [0.2, 0.25) is 0 Å². The van der Waals surface area contributed by atoms with Gasteiger partial charge in [-0.25, -0.2) is 17.9 Å². The number of anilines is 1. The van der Waals surface area contributed by atoms with Gasteiger partial charge in [0, 0.05) is 38.4 Å². The number of nitrogens with zero attached hydrogens (tertiary/aromatic N) is 2. The van der Waals surface area contributed by atoms with Crippen molar-refractivity contribution >= 4 is 27.5 Å². The molecule has 0 radical (unpaired) electrons. The lowest BCUT2D eigenvalue weighted by molar-refractivity contribution is -0.146. The summed E-state index contributed by atoms with van der Waals surface area (Å²) in [5.41, 5.74) is 1.68. The molecule has 2 amide bonds. The van der Waals surface area contributed by atoms with Crippen LogP contribution in [0.1, 0.15) is 5.56 Å². The van der Waals surface area contributed by atoms with Crippen LogP contribution in [0.25, 0.3) is 0 Å². The zero-order valence-electron chi connectivity index (χ0n) is 16.3. The van der Waals surface area contributed by atoms with Crippen molar-refractivity contribution in [1.29, 1.82) is 0 Å². The standard InChI is InChI=1S/C20H23FN4O4S/c21-16-3-5-17(6-4-16)24-11-13-25(14-12-24)20(27)19(26)23-10-9-15-1-7-18(8-2-15)30(22,28)29/h1-8H,9-14H2,(H,23,26)(H2,22,28,29). The zero-order valence-corrected chi connectivity index (χ0v) is 17.1. The van der Waals surface area contributed by atoms with Crippen molar-refractivity contribution in [2.24, 2.45) is 5.14 Å². The predicted molar refractivity (Wildman–Crippen MR) is 110 cm³/mol. The first kappa shape index (κ1) is 21.7. The summed E-state index contributed by atoms with van der Waals surface area (Å²) in [6, 6.07) is 12.2. The van der Waals surface area contributed by atoms with E-state index < -0.39 is 21.8 Å². The van der Waals surface area contributed by atoms with Gasteiger partial charge in [-0.1, -0.05) is 12.1 Å². The fourth-order valence-corrected chi connectivity index (χ4v) is 3.72. The molecule has 0 aliphatic carbocycles. The number of sulfonamides is 1. The van der Waals surface area contributed by atoms with Gasteiger partial charge in [-0.05, 0) is 48.4 Å². The Balaban J connectivity index is 1.44. The average Bonchev–Trinajstić information content (AvgIpc) is 2.73. The van der Waals surface area contributed by atoms with E-state index in [1.54, 1.807) is 24.3 Å². The number of hydrogen-bond donors (Lipinski definition) is 2. The minimum atomic E-state index is -3.74. The fraction of sp³-hybridized carbons (Fsp3) is 0.300. The second-order valence-corrected chi connectivity index (χ2v) is 8.51. The molecule has 1 saturated heterocycles. The minimum Gasteiger partial charge on any atom is -0.368 e. The molecule has 160 valence electrons. The summed E-state index contributed by atoms with van der Waals surface area (Å²) in [4.78, 5) is 28.1. The maximum Gasteiger partial charge on any atom is 0.312 e. The highest BCUT2D eigenvalue weighted by Crippen LogP contribution is 2.17. The summed E-state index contributed by atoms with van der Waals surface area (Å²) in [6.45, 7) is 2.16. The molecule has 0 spiro atoms. The van der Waals surface area contributed by atoms with Crippen molar-refractivity contribution in [3.8, 4) is 0 Å². The molecular weight excluding hydrogens is 411 g/mol. The molecule has 10 heteroatoms. The Morgan fingerprint density at radius 1 is 0.967 bits per heavy atom. The maximum atomic E-state index is 13.0. The lowest BCUT2D eigenvalue weighted by Gasteiger charge is -2.35. The molecule has 2 aromatic rings. The predicted octanol–water partition coefficient (Wildman–Crippen LogP) is 0.481. The Kier molecular flexibility index (Phi) is 6.68. The summed E-state index contributed by atoms with van der Waals surface area (Å²) >= 11 is 0. The van der Waals surface area contributed by atoms with E-state index in [-0.39, 0.29) is 17.3 Å². The largest absolute Gasteiger partial charge is 0.368 e. The first-order chi connectivity index (χ1) is 14.2. The molecule has 2 aromatic carbocycles. The second-order valence-electron chi connectivity index (χ2n) is 6.95. The van der Waals surface area contributed by atoms with Gasteiger partial charge in [0.05, 0.1) is 4.90 Å². The number of amides is 2. The molecule has 8 nitrogen and oxygen atoms in total. The molecule has 0 aromatic heterocycles. The molecule has 3 N–H and O–H groups in total. The number of halogens is 1. The molecule has 30 heavy (non-hydrogen) atoms. The fourth-order valence-electron chi connectivity index (χ4n) is 3.21. The van der Waals surface area contributed by atoms with Crippen molar-refractivity contribution in [3.05, 3.63) is 59.9 Å². The summed E-state index contributed by atoms with van der Waals surface area (Å²) < 4.78 is 35.5. The first-order valence-corrected chi connectivity index (χ1v) is 11.0. The van der Waals surface area contributed by atoms with Gasteiger partial charge in [0.15, 0.2) is 0 Å². The van der Waals surface area contributed by atoms with Crippen LogP contribution < -0.4 is 15.4 Å². The number of rotatable bonds is 5. The van der Waals surface area contributed by atoms with Crippen molar-refractivity contribution in [3.63, 3.8) is 0 Å². The summed E-state index contributed by atoms with van der Waals surface area (Å²) in [7, 11) is -3.74. The van der Waals surface area contributed by atoms with Gasteiger partial charge in [-0.2, -0.15) is 0 Å². The van der Waals surface area contributed by atoms with Gasteiger partial charge in [0.25, 0.3) is 0 Å². The number of carbonyl (C=O) groups is 2. The Morgan fingerprint density at radius 3 is 2.13 bits per heavy atom. The Labute approximate surface area is 174 Å². The molecule has 0 atom stereocenters.